The fraction of sp³-hybridized carbons (Fsp3) is 0.429. The number of hydrogen-bond donors (Lipinski definition) is 4. The molecule has 0 bridgehead atoms. The smallest absolute Gasteiger partial charge is 0.328 e. The van der Waals surface area contributed by atoms with E-state index in [4.69, 9.17) is 21.1 Å². The summed E-state index contributed by atoms with van der Waals surface area (Å²) < 4.78 is 10.0. The summed E-state index contributed by atoms with van der Waals surface area (Å²) in [6, 6.07) is 3.90. The molecule has 1 aromatic heterocycles. The average Bonchev–Trinajstić information content (AvgIpc) is 3.21. The zero-order chi connectivity index (χ0) is 23.3. The Morgan fingerprint density at radius 2 is 2.03 bits per heavy atom. The molecule has 0 radical (unpaired) electrons. The molecule has 3 rings (SSSR count). The van der Waals surface area contributed by atoms with E-state index < -0.39 is 29.7 Å². The first kappa shape index (κ1) is 23.4. The minimum Gasteiger partial charge on any atom is -0.496 e. The number of esters is 1. The van der Waals surface area contributed by atoms with E-state index in [0.29, 0.717) is 34.6 Å². The van der Waals surface area contributed by atoms with Gasteiger partial charge in [-0.3, -0.25) is 14.4 Å². The number of carbonyl (C=O) groups is 4. The zero-order valence-electron chi connectivity index (χ0n) is 17.7. The molecule has 4 N–H and O–H groups in total. The number of aromatic nitrogens is 1. The van der Waals surface area contributed by atoms with Crippen LogP contribution in [0.25, 0.3) is 10.9 Å². The summed E-state index contributed by atoms with van der Waals surface area (Å²) in [7, 11) is 2.71. The van der Waals surface area contributed by atoms with Crippen molar-refractivity contribution in [3.05, 3.63) is 28.9 Å². The third kappa shape index (κ3) is 5.50. The predicted octanol–water partition coefficient (Wildman–Crippen LogP) is 1.13. The van der Waals surface area contributed by atoms with Crippen LogP contribution in [0.2, 0.25) is 5.02 Å². The second-order valence-electron chi connectivity index (χ2n) is 7.44. The van der Waals surface area contributed by atoms with E-state index in [2.05, 4.69) is 20.9 Å². The van der Waals surface area contributed by atoms with Gasteiger partial charge >= 0.3 is 5.97 Å². The lowest BCUT2D eigenvalue weighted by molar-refractivity contribution is -0.146. The van der Waals surface area contributed by atoms with Gasteiger partial charge in [0.05, 0.1) is 26.3 Å². The fourth-order valence-electron chi connectivity index (χ4n) is 3.66. The van der Waals surface area contributed by atoms with Crippen LogP contribution < -0.4 is 20.7 Å². The molecule has 0 saturated carbocycles. The Morgan fingerprint density at radius 3 is 2.72 bits per heavy atom. The molecule has 11 heteroatoms. The van der Waals surface area contributed by atoms with Gasteiger partial charge in [0.15, 0.2) is 0 Å². The number of halogens is 1. The highest BCUT2D eigenvalue weighted by Crippen LogP contribution is 2.30. The first-order valence-electron chi connectivity index (χ1n) is 10.1. The largest absolute Gasteiger partial charge is 0.496 e. The minimum atomic E-state index is -0.988. The van der Waals surface area contributed by atoms with Crippen molar-refractivity contribution in [1.82, 2.24) is 20.9 Å². The summed E-state index contributed by atoms with van der Waals surface area (Å²) in [6.45, 7) is 0.235. The second kappa shape index (κ2) is 10.4. The fourth-order valence-corrected chi connectivity index (χ4v) is 3.87. The van der Waals surface area contributed by atoms with Gasteiger partial charge in [0, 0.05) is 22.9 Å². The lowest BCUT2D eigenvalue weighted by atomic mass is 9.91. The van der Waals surface area contributed by atoms with Gasteiger partial charge < -0.3 is 30.4 Å². The van der Waals surface area contributed by atoms with Crippen LogP contribution in [0.1, 0.15) is 29.8 Å². The SMILES string of the molecule is COC(=O)[C@H](C[C@@H]1CCCNC1=O)NC(=O)CNC(=O)c1cc2c(OC)cc(Cl)cc2[nH]1. The van der Waals surface area contributed by atoms with Crippen molar-refractivity contribution in [1.29, 1.82) is 0 Å². The lowest BCUT2D eigenvalue weighted by Crippen LogP contribution is -2.48. The van der Waals surface area contributed by atoms with Gasteiger partial charge in [-0.25, -0.2) is 4.79 Å². The van der Waals surface area contributed by atoms with Gasteiger partial charge in [0.1, 0.15) is 17.5 Å². The van der Waals surface area contributed by atoms with Crippen LogP contribution >= 0.6 is 11.6 Å². The number of benzene rings is 1. The Morgan fingerprint density at radius 1 is 1.25 bits per heavy atom. The van der Waals surface area contributed by atoms with Crippen molar-refractivity contribution in [2.45, 2.75) is 25.3 Å². The van der Waals surface area contributed by atoms with E-state index in [1.54, 1.807) is 18.2 Å². The highest BCUT2D eigenvalue weighted by molar-refractivity contribution is 6.31. The highest BCUT2D eigenvalue weighted by atomic mass is 35.5. The summed E-state index contributed by atoms with van der Waals surface area (Å²) >= 11 is 6.04. The number of carbonyl (C=O) groups excluding carboxylic acids is 4. The maximum absolute atomic E-state index is 12.5. The van der Waals surface area contributed by atoms with E-state index in [9.17, 15) is 19.2 Å². The van der Waals surface area contributed by atoms with Gasteiger partial charge in [-0.1, -0.05) is 11.6 Å². The van der Waals surface area contributed by atoms with Crippen molar-refractivity contribution < 1.29 is 28.7 Å². The molecular formula is C21H25ClN4O6. The number of fused-ring (bicyclic) bond motifs is 1. The molecule has 0 aliphatic carbocycles. The number of rotatable bonds is 8. The second-order valence-corrected chi connectivity index (χ2v) is 7.88. The Balaban J connectivity index is 1.60. The molecule has 0 spiro atoms. The Hall–Kier alpha value is -3.27. The monoisotopic (exact) mass is 464 g/mol. The van der Waals surface area contributed by atoms with Gasteiger partial charge in [0.25, 0.3) is 5.91 Å². The third-order valence-corrected chi connectivity index (χ3v) is 5.50. The van der Waals surface area contributed by atoms with Crippen molar-refractivity contribution in [3.63, 3.8) is 0 Å². The van der Waals surface area contributed by atoms with E-state index in [-0.39, 0.29) is 24.6 Å². The Kier molecular flexibility index (Phi) is 7.57. The summed E-state index contributed by atoms with van der Waals surface area (Å²) in [5, 5.41) is 8.90. The molecule has 0 unspecified atom stereocenters. The van der Waals surface area contributed by atoms with E-state index in [0.717, 1.165) is 6.42 Å². The number of amides is 3. The molecule has 32 heavy (non-hydrogen) atoms. The van der Waals surface area contributed by atoms with E-state index in [1.165, 1.54) is 14.2 Å². The van der Waals surface area contributed by atoms with E-state index >= 15 is 0 Å². The average molecular weight is 465 g/mol. The minimum absolute atomic E-state index is 0.126. The van der Waals surface area contributed by atoms with Crippen molar-refractivity contribution in [2.24, 2.45) is 5.92 Å². The third-order valence-electron chi connectivity index (χ3n) is 5.28. The number of methoxy groups -OCH3 is 2. The van der Waals surface area contributed by atoms with Crippen LogP contribution in [-0.4, -0.2) is 62.0 Å². The van der Waals surface area contributed by atoms with Crippen LogP contribution in [0.4, 0.5) is 0 Å². The summed E-state index contributed by atoms with van der Waals surface area (Å²) in [5.74, 6) is -1.79. The molecule has 2 aromatic rings. The molecule has 2 heterocycles. The molecule has 1 fully saturated rings. The van der Waals surface area contributed by atoms with Gasteiger partial charge in [-0.05, 0) is 37.5 Å². The van der Waals surface area contributed by atoms with Crippen LogP contribution in [-0.2, 0) is 19.1 Å². The molecule has 2 atom stereocenters. The summed E-state index contributed by atoms with van der Waals surface area (Å²) in [4.78, 5) is 51.9. The molecule has 1 aromatic carbocycles. The molecule has 172 valence electrons. The lowest BCUT2D eigenvalue weighted by Gasteiger charge is -2.25. The molecule has 1 aliphatic rings. The molecule has 10 nitrogen and oxygen atoms in total. The Labute approximate surface area is 189 Å². The number of nitrogens with one attached hydrogen (secondary N) is 4. The number of hydrogen-bond acceptors (Lipinski definition) is 6. The molecular weight excluding hydrogens is 440 g/mol. The zero-order valence-corrected chi connectivity index (χ0v) is 18.5. The van der Waals surface area contributed by atoms with Gasteiger partial charge in [0.2, 0.25) is 11.8 Å². The molecule has 1 saturated heterocycles. The highest BCUT2D eigenvalue weighted by Gasteiger charge is 2.30. The first-order valence-corrected chi connectivity index (χ1v) is 10.5. The van der Waals surface area contributed by atoms with Crippen molar-refractivity contribution >= 4 is 46.2 Å². The predicted molar refractivity (Wildman–Crippen MR) is 116 cm³/mol. The van der Waals surface area contributed by atoms with Crippen molar-refractivity contribution in [2.75, 3.05) is 27.3 Å². The van der Waals surface area contributed by atoms with Crippen molar-refractivity contribution in [3.8, 4) is 5.75 Å². The molecule has 1 aliphatic heterocycles. The van der Waals surface area contributed by atoms with Crippen LogP contribution in [0.3, 0.4) is 0 Å². The van der Waals surface area contributed by atoms with Crippen LogP contribution in [0, 0.1) is 5.92 Å². The number of aromatic amines is 1. The summed E-state index contributed by atoms with van der Waals surface area (Å²) in [6.07, 6.45) is 1.55. The summed E-state index contributed by atoms with van der Waals surface area (Å²) in [5.41, 5.74) is 0.831. The van der Waals surface area contributed by atoms with Gasteiger partial charge in [-0.2, -0.15) is 0 Å². The standard InChI is InChI=1S/C21H25ClN4O6/c1-31-17-8-12(22)7-14-13(17)9-15(25-14)20(29)24-10-18(27)26-16(21(30)32-2)6-11-4-3-5-23-19(11)28/h7-9,11,16,25H,3-6,10H2,1-2H3,(H,23,28)(H,24,29)(H,26,27)/t11-,16-/m0/s1. The number of piperidine rings is 1. The van der Waals surface area contributed by atoms with Crippen LogP contribution in [0.5, 0.6) is 5.75 Å². The molecule has 3 amide bonds. The first-order chi connectivity index (χ1) is 15.3. The number of ether oxygens (including phenoxy) is 2. The maximum atomic E-state index is 12.5. The Bertz CT molecular complexity index is 1040. The topological polar surface area (TPSA) is 139 Å². The number of H-pyrrole nitrogens is 1. The maximum Gasteiger partial charge on any atom is 0.328 e. The normalized spacial score (nSPS) is 16.7. The van der Waals surface area contributed by atoms with E-state index in [1.807, 2.05) is 0 Å². The van der Waals surface area contributed by atoms with Crippen LogP contribution in [0.15, 0.2) is 18.2 Å². The van der Waals surface area contributed by atoms with Gasteiger partial charge in [-0.15, -0.1) is 0 Å². The quantitative estimate of drug-likeness (QED) is 0.432.